The molecule has 2 rings (SSSR count). The molecule has 0 aromatic heterocycles. The lowest BCUT2D eigenvalue weighted by molar-refractivity contribution is -0.140. The Labute approximate surface area is 95.2 Å². The Morgan fingerprint density at radius 2 is 2.12 bits per heavy atom. The van der Waals surface area contributed by atoms with Crippen molar-refractivity contribution in [2.75, 3.05) is 0 Å². The highest BCUT2D eigenvalue weighted by Gasteiger charge is 2.39. The van der Waals surface area contributed by atoms with Gasteiger partial charge in [-0.25, -0.2) is 13.6 Å². The molecule has 0 radical (unpaired) electrons. The van der Waals surface area contributed by atoms with Crippen molar-refractivity contribution >= 4 is 11.9 Å². The fraction of sp³-hybridized carbons (Fsp3) is 0.273. The molecule has 1 aliphatic heterocycles. The van der Waals surface area contributed by atoms with Crippen molar-refractivity contribution in [1.29, 1.82) is 0 Å². The zero-order valence-electron chi connectivity index (χ0n) is 8.61. The van der Waals surface area contributed by atoms with E-state index in [0.717, 1.165) is 6.07 Å². The van der Waals surface area contributed by atoms with E-state index in [-0.39, 0.29) is 12.0 Å². The van der Waals surface area contributed by atoms with E-state index >= 15 is 0 Å². The van der Waals surface area contributed by atoms with Gasteiger partial charge in [0, 0.05) is 12.3 Å². The summed E-state index contributed by atoms with van der Waals surface area (Å²) in [5, 5.41) is 11.1. The van der Waals surface area contributed by atoms with Gasteiger partial charge in [0.15, 0.2) is 11.6 Å². The van der Waals surface area contributed by atoms with Crippen LogP contribution < -0.4 is 5.32 Å². The second-order valence-corrected chi connectivity index (χ2v) is 3.84. The number of carboxylic acids is 1. The Morgan fingerprint density at radius 1 is 1.41 bits per heavy atom. The van der Waals surface area contributed by atoms with Gasteiger partial charge in [0.2, 0.25) is 5.91 Å². The van der Waals surface area contributed by atoms with E-state index in [9.17, 15) is 18.4 Å². The summed E-state index contributed by atoms with van der Waals surface area (Å²) in [6, 6.07) is 2.31. The number of rotatable bonds is 2. The van der Waals surface area contributed by atoms with E-state index in [1.807, 2.05) is 0 Å². The van der Waals surface area contributed by atoms with E-state index in [4.69, 9.17) is 5.11 Å². The van der Waals surface area contributed by atoms with E-state index in [1.54, 1.807) is 0 Å². The Bertz CT molecular complexity index is 490. The van der Waals surface area contributed by atoms with Crippen molar-refractivity contribution in [3.8, 4) is 0 Å². The molecule has 4 nitrogen and oxygen atoms in total. The number of carbonyl (C=O) groups excluding carboxylic acids is 1. The predicted molar refractivity (Wildman–Crippen MR) is 53.3 cm³/mol. The van der Waals surface area contributed by atoms with Crippen LogP contribution in [0.15, 0.2) is 18.2 Å². The molecule has 1 aliphatic rings. The molecule has 1 fully saturated rings. The number of halogens is 2. The number of carboxylic acid groups (broad SMARTS) is 1. The second-order valence-electron chi connectivity index (χ2n) is 3.84. The highest BCUT2D eigenvalue weighted by atomic mass is 19.2. The average Bonchev–Trinajstić information content (AvgIpc) is 2.64. The van der Waals surface area contributed by atoms with Crippen LogP contribution >= 0.6 is 0 Å². The van der Waals surface area contributed by atoms with Crippen LogP contribution in [-0.2, 0) is 9.59 Å². The van der Waals surface area contributed by atoms with Gasteiger partial charge in [0.05, 0.1) is 0 Å². The van der Waals surface area contributed by atoms with Crippen molar-refractivity contribution in [1.82, 2.24) is 5.32 Å². The van der Waals surface area contributed by atoms with Crippen LogP contribution in [-0.4, -0.2) is 23.0 Å². The second kappa shape index (κ2) is 4.12. The maximum Gasteiger partial charge on any atom is 0.326 e. The van der Waals surface area contributed by atoms with Gasteiger partial charge in [-0.3, -0.25) is 4.79 Å². The summed E-state index contributed by atoms with van der Waals surface area (Å²) in [5.41, 5.74) is -0.0873. The molecular formula is C11H9F2NO3. The molecule has 1 amide bonds. The van der Waals surface area contributed by atoms with Gasteiger partial charge in [-0.15, -0.1) is 0 Å². The molecule has 2 N–H and O–H groups in total. The standard InChI is InChI=1S/C11H9F2NO3/c12-7-3-1-2-5(9(7)13)6-4-8(15)14-10(6)11(16)17/h1-3,6,10H,4H2,(H,14,15)(H,16,17). The fourth-order valence-electron chi connectivity index (χ4n) is 1.98. The summed E-state index contributed by atoms with van der Waals surface area (Å²) in [7, 11) is 0. The normalized spacial score (nSPS) is 23.5. The van der Waals surface area contributed by atoms with E-state index in [0.29, 0.717) is 0 Å². The van der Waals surface area contributed by atoms with Crippen molar-refractivity contribution in [3.05, 3.63) is 35.4 Å². The number of amides is 1. The van der Waals surface area contributed by atoms with Crippen LogP contribution in [0.2, 0.25) is 0 Å². The number of carbonyl (C=O) groups is 2. The molecule has 0 bridgehead atoms. The first kappa shape index (κ1) is 11.5. The van der Waals surface area contributed by atoms with E-state index in [1.165, 1.54) is 12.1 Å². The van der Waals surface area contributed by atoms with Crippen LogP contribution in [0.4, 0.5) is 8.78 Å². The maximum absolute atomic E-state index is 13.5. The summed E-state index contributed by atoms with van der Waals surface area (Å²) < 4.78 is 26.5. The van der Waals surface area contributed by atoms with E-state index < -0.39 is 35.5 Å². The van der Waals surface area contributed by atoms with Gasteiger partial charge in [-0.05, 0) is 11.6 Å². The summed E-state index contributed by atoms with van der Waals surface area (Å²) in [6.45, 7) is 0. The predicted octanol–water partition coefficient (Wildman–Crippen LogP) is 1.02. The topological polar surface area (TPSA) is 66.4 Å². The van der Waals surface area contributed by atoms with Gasteiger partial charge >= 0.3 is 5.97 Å². The lowest BCUT2D eigenvalue weighted by Gasteiger charge is -2.15. The quantitative estimate of drug-likeness (QED) is 0.812. The van der Waals surface area contributed by atoms with Gasteiger partial charge in [0.1, 0.15) is 6.04 Å². The van der Waals surface area contributed by atoms with Gasteiger partial charge in [-0.1, -0.05) is 12.1 Å². The largest absolute Gasteiger partial charge is 0.480 e. The number of aliphatic carboxylic acids is 1. The van der Waals surface area contributed by atoms with Crippen LogP contribution in [0, 0.1) is 11.6 Å². The third kappa shape index (κ3) is 1.98. The van der Waals surface area contributed by atoms with Crippen LogP contribution in [0.3, 0.4) is 0 Å². The molecule has 6 heteroatoms. The minimum atomic E-state index is -1.26. The number of hydrogen-bond acceptors (Lipinski definition) is 2. The molecule has 0 saturated carbocycles. The first-order valence-electron chi connectivity index (χ1n) is 4.96. The number of hydrogen-bond donors (Lipinski definition) is 2. The Morgan fingerprint density at radius 3 is 2.76 bits per heavy atom. The van der Waals surface area contributed by atoms with Crippen LogP contribution in [0.1, 0.15) is 17.9 Å². The zero-order chi connectivity index (χ0) is 12.6. The third-order valence-electron chi connectivity index (χ3n) is 2.77. The Kier molecular flexibility index (Phi) is 2.79. The first-order valence-corrected chi connectivity index (χ1v) is 4.96. The minimum Gasteiger partial charge on any atom is -0.480 e. The monoisotopic (exact) mass is 241 g/mol. The minimum absolute atomic E-state index is 0.0873. The van der Waals surface area contributed by atoms with Crippen molar-refractivity contribution in [2.45, 2.75) is 18.4 Å². The van der Waals surface area contributed by atoms with Gasteiger partial charge in [0.25, 0.3) is 0 Å². The molecule has 2 unspecified atom stereocenters. The maximum atomic E-state index is 13.5. The molecule has 1 aromatic carbocycles. The number of nitrogens with one attached hydrogen (secondary N) is 1. The molecule has 2 atom stereocenters. The Hall–Kier alpha value is -1.98. The third-order valence-corrected chi connectivity index (χ3v) is 2.77. The summed E-state index contributed by atoms with van der Waals surface area (Å²) in [4.78, 5) is 22.0. The molecule has 1 saturated heterocycles. The van der Waals surface area contributed by atoms with Crippen LogP contribution in [0.25, 0.3) is 0 Å². The fourth-order valence-corrected chi connectivity index (χ4v) is 1.98. The zero-order valence-corrected chi connectivity index (χ0v) is 8.61. The smallest absolute Gasteiger partial charge is 0.326 e. The SMILES string of the molecule is O=C1CC(c2cccc(F)c2F)C(C(=O)O)N1. The lowest BCUT2D eigenvalue weighted by Crippen LogP contribution is -2.36. The molecule has 90 valence electrons. The summed E-state index contributed by atoms with van der Waals surface area (Å²) in [6.07, 6.45) is -0.155. The van der Waals surface area contributed by atoms with Crippen molar-refractivity contribution < 1.29 is 23.5 Å². The molecule has 1 aromatic rings. The summed E-state index contributed by atoms with van der Waals surface area (Å²) in [5.74, 6) is -4.77. The van der Waals surface area contributed by atoms with Gasteiger partial charge in [-0.2, -0.15) is 0 Å². The van der Waals surface area contributed by atoms with Gasteiger partial charge < -0.3 is 10.4 Å². The molecule has 0 spiro atoms. The molecule has 0 aliphatic carbocycles. The number of benzene rings is 1. The van der Waals surface area contributed by atoms with Crippen molar-refractivity contribution in [2.24, 2.45) is 0 Å². The average molecular weight is 241 g/mol. The first-order chi connectivity index (χ1) is 8.00. The molecule has 1 heterocycles. The van der Waals surface area contributed by atoms with Crippen molar-refractivity contribution in [3.63, 3.8) is 0 Å². The van der Waals surface area contributed by atoms with E-state index in [2.05, 4.69) is 5.32 Å². The van der Waals surface area contributed by atoms with Crippen LogP contribution in [0.5, 0.6) is 0 Å². The highest BCUT2D eigenvalue weighted by molar-refractivity contribution is 5.89. The Balaban J connectivity index is 2.41. The molecular weight excluding hydrogens is 232 g/mol. The molecule has 17 heavy (non-hydrogen) atoms. The summed E-state index contributed by atoms with van der Waals surface area (Å²) >= 11 is 0. The highest BCUT2D eigenvalue weighted by Crippen LogP contribution is 2.31. The lowest BCUT2D eigenvalue weighted by atomic mass is 9.91.